The molecule has 194 valence electrons. The molecule has 38 heavy (non-hydrogen) atoms. The molecule has 4 rings (SSSR count). The number of nitro benzene ring substituents is 1. The summed E-state index contributed by atoms with van der Waals surface area (Å²) in [7, 11) is 1.47. The number of methoxy groups -OCH3 is 1. The summed E-state index contributed by atoms with van der Waals surface area (Å²) >= 11 is 0.754. The average molecular weight is 534 g/mol. The van der Waals surface area contributed by atoms with Crippen molar-refractivity contribution < 1.29 is 28.8 Å². The van der Waals surface area contributed by atoms with Crippen molar-refractivity contribution in [1.29, 1.82) is 0 Å². The topological polar surface area (TPSA) is 128 Å². The van der Waals surface area contributed by atoms with E-state index in [-0.39, 0.29) is 17.2 Å². The molecule has 0 spiro atoms. The van der Waals surface area contributed by atoms with Crippen LogP contribution in [0.3, 0.4) is 0 Å². The molecule has 0 bridgehead atoms. The third-order valence-electron chi connectivity index (χ3n) is 5.54. The number of imide groups is 1. The Hall–Kier alpha value is -4.64. The zero-order valence-corrected chi connectivity index (χ0v) is 21.3. The lowest BCUT2D eigenvalue weighted by Crippen LogP contribution is -2.36. The lowest BCUT2D eigenvalue weighted by Gasteiger charge is -2.13. The smallest absolute Gasteiger partial charge is 0.294 e. The number of aryl methyl sites for hydroxylation is 1. The first-order chi connectivity index (χ1) is 18.2. The number of rotatable bonds is 9. The summed E-state index contributed by atoms with van der Waals surface area (Å²) in [5, 5.41) is 13.0. The number of carbonyl (C=O) groups is 3. The van der Waals surface area contributed by atoms with Crippen LogP contribution in [0.4, 0.5) is 16.2 Å². The van der Waals surface area contributed by atoms with Crippen LogP contribution < -0.4 is 14.8 Å². The molecule has 0 aromatic heterocycles. The molecular formula is C27H23N3O7S. The summed E-state index contributed by atoms with van der Waals surface area (Å²) in [6, 6.07) is 18.2. The number of nitrogens with zero attached hydrogens (tertiary/aromatic N) is 2. The number of hydrogen-bond donors (Lipinski definition) is 1. The van der Waals surface area contributed by atoms with Gasteiger partial charge in [-0.15, -0.1) is 0 Å². The Morgan fingerprint density at radius 3 is 2.42 bits per heavy atom. The third-order valence-corrected chi connectivity index (χ3v) is 6.44. The van der Waals surface area contributed by atoms with E-state index >= 15 is 0 Å². The second-order valence-electron chi connectivity index (χ2n) is 8.30. The van der Waals surface area contributed by atoms with E-state index < -0.39 is 28.5 Å². The van der Waals surface area contributed by atoms with Crippen molar-refractivity contribution in [2.45, 2.75) is 13.5 Å². The highest BCUT2D eigenvalue weighted by Crippen LogP contribution is 2.35. The van der Waals surface area contributed by atoms with Crippen LogP contribution in [0.15, 0.2) is 71.6 Å². The van der Waals surface area contributed by atoms with E-state index in [0.29, 0.717) is 22.7 Å². The molecule has 1 heterocycles. The Labute approximate surface area is 222 Å². The van der Waals surface area contributed by atoms with Gasteiger partial charge in [-0.3, -0.25) is 29.4 Å². The molecule has 0 unspecified atom stereocenters. The Morgan fingerprint density at radius 2 is 1.76 bits per heavy atom. The number of anilines is 1. The van der Waals surface area contributed by atoms with Crippen LogP contribution >= 0.6 is 11.8 Å². The minimum absolute atomic E-state index is 0.00741. The number of ether oxygens (including phenoxy) is 2. The number of benzene rings is 3. The zero-order valence-electron chi connectivity index (χ0n) is 20.5. The SMILES string of the molecule is COc1cc(/C=C2/SC(=O)N(CC(=O)Nc3ccc(C)cc3)C2=O)ccc1OCc1ccc([N+](=O)[O-])cc1. The molecule has 1 N–H and O–H groups in total. The van der Waals surface area contributed by atoms with Crippen molar-refractivity contribution in [3.05, 3.63) is 98.4 Å². The van der Waals surface area contributed by atoms with Gasteiger partial charge in [0.25, 0.3) is 16.8 Å². The van der Waals surface area contributed by atoms with E-state index in [9.17, 15) is 24.5 Å². The zero-order chi connectivity index (χ0) is 27.2. The monoisotopic (exact) mass is 533 g/mol. The second-order valence-corrected chi connectivity index (χ2v) is 9.30. The predicted molar refractivity (Wildman–Crippen MR) is 143 cm³/mol. The van der Waals surface area contributed by atoms with Gasteiger partial charge in [-0.2, -0.15) is 0 Å². The number of non-ortho nitro benzene ring substituents is 1. The van der Waals surface area contributed by atoms with Crippen LogP contribution in [-0.2, 0) is 16.2 Å². The fourth-order valence-corrected chi connectivity index (χ4v) is 4.38. The van der Waals surface area contributed by atoms with Gasteiger partial charge in [-0.1, -0.05) is 23.8 Å². The van der Waals surface area contributed by atoms with E-state index in [0.717, 1.165) is 27.8 Å². The Kier molecular flexibility index (Phi) is 8.07. The van der Waals surface area contributed by atoms with Gasteiger partial charge in [0.15, 0.2) is 11.5 Å². The van der Waals surface area contributed by atoms with Gasteiger partial charge in [0.05, 0.1) is 16.9 Å². The predicted octanol–water partition coefficient (Wildman–Crippen LogP) is 5.17. The largest absolute Gasteiger partial charge is 0.493 e. The van der Waals surface area contributed by atoms with E-state index in [1.54, 1.807) is 48.5 Å². The summed E-state index contributed by atoms with van der Waals surface area (Å²) in [6.45, 7) is 1.70. The summed E-state index contributed by atoms with van der Waals surface area (Å²) < 4.78 is 11.2. The molecule has 3 aromatic rings. The highest BCUT2D eigenvalue weighted by Gasteiger charge is 2.36. The number of amides is 3. The van der Waals surface area contributed by atoms with Gasteiger partial charge in [-0.05, 0) is 72.3 Å². The van der Waals surface area contributed by atoms with Crippen molar-refractivity contribution in [3.8, 4) is 11.5 Å². The van der Waals surface area contributed by atoms with Gasteiger partial charge < -0.3 is 14.8 Å². The molecule has 0 radical (unpaired) electrons. The number of carbonyl (C=O) groups excluding carboxylic acids is 3. The fraction of sp³-hybridized carbons (Fsp3) is 0.148. The minimum atomic E-state index is -0.559. The lowest BCUT2D eigenvalue weighted by atomic mass is 10.1. The van der Waals surface area contributed by atoms with Crippen LogP contribution in [0, 0.1) is 17.0 Å². The standard InChI is InChI=1S/C27H23N3O7S/c1-17-3-8-20(9-4-17)28-25(31)15-29-26(32)24(38-27(29)33)14-19-7-12-22(23(13-19)36-2)37-16-18-5-10-21(11-6-18)30(34)35/h3-14H,15-16H2,1-2H3,(H,28,31)/b24-14+. The number of thioether (sulfide) groups is 1. The number of nitrogens with one attached hydrogen (secondary N) is 1. The molecule has 1 aliphatic rings. The molecule has 0 atom stereocenters. The van der Waals surface area contributed by atoms with E-state index in [4.69, 9.17) is 9.47 Å². The van der Waals surface area contributed by atoms with Crippen LogP contribution in [0.1, 0.15) is 16.7 Å². The highest BCUT2D eigenvalue weighted by molar-refractivity contribution is 8.18. The third kappa shape index (κ3) is 6.37. The maximum atomic E-state index is 12.8. The minimum Gasteiger partial charge on any atom is -0.493 e. The lowest BCUT2D eigenvalue weighted by molar-refractivity contribution is -0.384. The van der Waals surface area contributed by atoms with Gasteiger partial charge in [0.2, 0.25) is 5.91 Å². The van der Waals surface area contributed by atoms with E-state index in [1.807, 2.05) is 19.1 Å². The summed E-state index contributed by atoms with van der Waals surface area (Å²) in [6.07, 6.45) is 1.55. The van der Waals surface area contributed by atoms with Crippen molar-refractivity contribution in [3.63, 3.8) is 0 Å². The Morgan fingerprint density at radius 1 is 1.05 bits per heavy atom. The molecule has 0 aliphatic carbocycles. The van der Waals surface area contributed by atoms with Gasteiger partial charge >= 0.3 is 0 Å². The molecule has 1 fully saturated rings. The second kappa shape index (κ2) is 11.6. The first kappa shape index (κ1) is 26.4. The first-order valence-electron chi connectivity index (χ1n) is 11.4. The molecule has 11 heteroatoms. The molecule has 1 saturated heterocycles. The van der Waals surface area contributed by atoms with Gasteiger partial charge in [0.1, 0.15) is 13.2 Å². The molecule has 3 aromatic carbocycles. The van der Waals surface area contributed by atoms with Crippen molar-refractivity contribution in [1.82, 2.24) is 4.90 Å². The van der Waals surface area contributed by atoms with Crippen LogP contribution in [0.25, 0.3) is 6.08 Å². The molecular weight excluding hydrogens is 510 g/mol. The first-order valence-corrected chi connectivity index (χ1v) is 12.2. The molecule has 10 nitrogen and oxygen atoms in total. The average Bonchev–Trinajstić information content (AvgIpc) is 3.16. The highest BCUT2D eigenvalue weighted by atomic mass is 32.2. The Bertz CT molecular complexity index is 1420. The summed E-state index contributed by atoms with van der Waals surface area (Å²) in [4.78, 5) is 49.1. The van der Waals surface area contributed by atoms with Crippen molar-refractivity contribution >= 4 is 46.3 Å². The number of nitro groups is 1. The number of hydrogen-bond acceptors (Lipinski definition) is 8. The molecule has 0 saturated carbocycles. The normalized spacial score (nSPS) is 14.1. The fourth-order valence-electron chi connectivity index (χ4n) is 3.54. The van der Waals surface area contributed by atoms with Crippen LogP contribution in [0.5, 0.6) is 11.5 Å². The van der Waals surface area contributed by atoms with Gasteiger partial charge in [-0.25, -0.2) is 0 Å². The Balaban J connectivity index is 1.41. The van der Waals surface area contributed by atoms with Gasteiger partial charge in [0, 0.05) is 17.8 Å². The molecule has 1 aliphatic heterocycles. The van der Waals surface area contributed by atoms with Crippen LogP contribution in [0.2, 0.25) is 0 Å². The van der Waals surface area contributed by atoms with E-state index in [2.05, 4.69) is 5.32 Å². The summed E-state index contributed by atoms with van der Waals surface area (Å²) in [5.41, 5.74) is 2.94. The van der Waals surface area contributed by atoms with Crippen molar-refractivity contribution in [2.75, 3.05) is 19.0 Å². The van der Waals surface area contributed by atoms with Crippen molar-refractivity contribution in [2.24, 2.45) is 0 Å². The molecule has 3 amide bonds. The maximum Gasteiger partial charge on any atom is 0.294 e. The summed E-state index contributed by atoms with van der Waals surface area (Å²) in [5.74, 6) is -0.202. The van der Waals surface area contributed by atoms with E-state index in [1.165, 1.54) is 19.2 Å². The van der Waals surface area contributed by atoms with Crippen LogP contribution in [-0.4, -0.2) is 40.5 Å². The maximum absolute atomic E-state index is 12.8. The quantitative estimate of drug-likeness (QED) is 0.227.